The minimum absolute atomic E-state index is 0. The Balaban J connectivity index is 0.00000161. The molecule has 21 heavy (non-hydrogen) atoms. The van der Waals surface area contributed by atoms with E-state index in [1.165, 1.54) is 16.8 Å². The first-order valence-corrected chi connectivity index (χ1v) is 7.07. The number of methoxy groups -OCH3 is 1. The maximum absolute atomic E-state index is 5.19. The lowest BCUT2D eigenvalue weighted by Gasteiger charge is -2.29. The molecule has 1 heterocycles. The summed E-state index contributed by atoms with van der Waals surface area (Å²) in [5.74, 6) is 0.895. The van der Waals surface area contributed by atoms with Gasteiger partial charge in [0.15, 0.2) is 0 Å². The zero-order chi connectivity index (χ0) is 13.8. The van der Waals surface area contributed by atoms with Gasteiger partial charge in [-0.15, -0.1) is 12.4 Å². The van der Waals surface area contributed by atoms with Crippen molar-refractivity contribution in [3.05, 3.63) is 48.5 Å². The van der Waals surface area contributed by atoms with Gasteiger partial charge in [-0.2, -0.15) is 0 Å². The molecule has 0 spiro atoms. The number of ether oxygens (including phenoxy) is 1. The van der Waals surface area contributed by atoms with Gasteiger partial charge in [-0.3, -0.25) is 0 Å². The fourth-order valence-corrected chi connectivity index (χ4v) is 2.57. The Kier molecular flexibility index (Phi) is 5.48. The number of anilines is 1. The van der Waals surface area contributed by atoms with Crippen LogP contribution in [0.4, 0.5) is 5.69 Å². The number of hydrogen-bond donors (Lipinski definition) is 1. The van der Waals surface area contributed by atoms with E-state index in [9.17, 15) is 0 Å². The molecule has 0 saturated carbocycles. The lowest BCUT2D eigenvalue weighted by atomic mass is 10.0. The Labute approximate surface area is 132 Å². The highest BCUT2D eigenvalue weighted by Crippen LogP contribution is 2.25. The molecule has 0 aromatic heterocycles. The maximum Gasteiger partial charge on any atom is 0.118 e. The predicted octanol–water partition coefficient (Wildman–Crippen LogP) is 3.19. The van der Waals surface area contributed by atoms with Crippen LogP contribution in [0.1, 0.15) is 0 Å². The van der Waals surface area contributed by atoms with E-state index in [1.54, 1.807) is 7.11 Å². The summed E-state index contributed by atoms with van der Waals surface area (Å²) in [4.78, 5) is 2.42. The molecule has 2 aromatic carbocycles. The molecular formula is C17H21ClN2O. The van der Waals surface area contributed by atoms with Crippen molar-refractivity contribution in [3.63, 3.8) is 0 Å². The van der Waals surface area contributed by atoms with Gasteiger partial charge in [0.25, 0.3) is 0 Å². The van der Waals surface area contributed by atoms with Crippen LogP contribution in [0.25, 0.3) is 11.1 Å². The lowest BCUT2D eigenvalue weighted by molar-refractivity contribution is 0.415. The second-order valence-corrected chi connectivity index (χ2v) is 5.01. The molecule has 112 valence electrons. The largest absolute Gasteiger partial charge is 0.497 e. The van der Waals surface area contributed by atoms with Crippen LogP contribution in [0.5, 0.6) is 5.75 Å². The molecule has 0 atom stereocenters. The van der Waals surface area contributed by atoms with E-state index in [0.717, 1.165) is 31.9 Å². The highest BCUT2D eigenvalue weighted by molar-refractivity contribution is 5.85. The molecule has 0 amide bonds. The summed E-state index contributed by atoms with van der Waals surface area (Å²) in [6.45, 7) is 4.31. The van der Waals surface area contributed by atoms with E-state index in [-0.39, 0.29) is 12.4 Å². The van der Waals surface area contributed by atoms with E-state index in [2.05, 4.69) is 46.6 Å². The quantitative estimate of drug-likeness (QED) is 0.942. The van der Waals surface area contributed by atoms with Crippen LogP contribution in [0.3, 0.4) is 0 Å². The van der Waals surface area contributed by atoms with Crippen LogP contribution in [-0.2, 0) is 0 Å². The number of halogens is 1. The summed E-state index contributed by atoms with van der Waals surface area (Å²) in [5.41, 5.74) is 3.77. The van der Waals surface area contributed by atoms with Gasteiger partial charge in [-0.05, 0) is 35.4 Å². The van der Waals surface area contributed by atoms with E-state index < -0.39 is 0 Å². The number of nitrogens with zero attached hydrogens (tertiary/aromatic N) is 1. The first kappa shape index (κ1) is 15.7. The zero-order valence-corrected chi connectivity index (χ0v) is 13.0. The molecule has 0 unspecified atom stereocenters. The van der Waals surface area contributed by atoms with E-state index in [1.807, 2.05) is 12.1 Å². The van der Waals surface area contributed by atoms with E-state index in [0.29, 0.717) is 0 Å². The molecule has 0 bridgehead atoms. The predicted molar refractivity (Wildman–Crippen MR) is 90.8 cm³/mol. The second kappa shape index (κ2) is 7.34. The van der Waals surface area contributed by atoms with Crippen LogP contribution in [0.15, 0.2) is 48.5 Å². The minimum atomic E-state index is 0. The minimum Gasteiger partial charge on any atom is -0.497 e. The van der Waals surface area contributed by atoms with Gasteiger partial charge < -0.3 is 15.0 Å². The van der Waals surface area contributed by atoms with Crippen LogP contribution in [0, 0.1) is 0 Å². The zero-order valence-electron chi connectivity index (χ0n) is 12.2. The van der Waals surface area contributed by atoms with Crippen molar-refractivity contribution in [1.82, 2.24) is 5.32 Å². The van der Waals surface area contributed by atoms with Crippen LogP contribution < -0.4 is 15.0 Å². The fraction of sp³-hybridized carbons (Fsp3) is 0.294. The van der Waals surface area contributed by atoms with Gasteiger partial charge in [0.05, 0.1) is 7.11 Å². The number of hydrogen-bond acceptors (Lipinski definition) is 3. The van der Waals surface area contributed by atoms with Crippen LogP contribution >= 0.6 is 12.4 Å². The second-order valence-electron chi connectivity index (χ2n) is 5.01. The van der Waals surface area contributed by atoms with Gasteiger partial charge in [0, 0.05) is 31.9 Å². The Hall–Kier alpha value is -1.71. The highest BCUT2D eigenvalue weighted by Gasteiger charge is 2.10. The van der Waals surface area contributed by atoms with Crippen molar-refractivity contribution in [2.45, 2.75) is 0 Å². The molecule has 1 aliphatic heterocycles. The standard InChI is InChI=1S/C17H20N2O.ClH/c1-20-17-8-4-15(5-9-17)14-2-6-16(7-3-14)19-12-10-18-11-13-19;/h2-9,18H,10-13H2,1H3;1H. The summed E-state index contributed by atoms with van der Waals surface area (Å²) in [5, 5.41) is 3.38. The van der Waals surface area contributed by atoms with E-state index >= 15 is 0 Å². The van der Waals surface area contributed by atoms with Crippen molar-refractivity contribution >= 4 is 18.1 Å². The summed E-state index contributed by atoms with van der Waals surface area (Å²) in [7, 11) is 1.69. The summed E-state index contributed by atoms with van der Waals surface area (Å²) < 4.78 is 5.19. The van der Waals surface area contributed by atoms with Gasteiger partial charge in [0.1, 0.15) is 5.75 Å². The number of benzene rings is 2. The summed E-state index contributed by atoms with van der Waals surface area (Å²) >= 11 is 0. The van der Waals surface area contributed by atoms with Crippen molar-refractivity contribution in [2.75, 3.05) is 38.2 Å². The third-order valence-corrected chi connectivity index (χ3v) is 3.77. The smallest absolute Gasteiger partial charge is 0.118 e. The Morgan fingerprint density at radius 3 is 1.90 bits per heavy atom. The Morgan fingerprint density at radius 1 is 0.857 bits per heavy atom. The van der Waals surface area contributed by atoms with Gasteiger partial charge in [0.2, 0.25) is 0 Å². The molecular weight excluding hydrogens is 284 g/mol. The topological polar surface area (TPSA) is 24.5 Å². The summed E-state index contributed by atoms with van der Waals surface area (Å²) in [6, 6.07) is 17.0. The fourth-order valence-electron chi connectivity index (χ4n) is 2.57. The number of rotatable bonds is 3. The molecule has 2 aromatic rings. The monoisotopic (exact) mass is 304 g/mol. The molecule has 1 saturated heterocycles. The third-order valence-electron chi connectivity index (χ3n) is 3.77. The van der Waals surface area contributed by atoms with Crippen molar-refractivity contribution in [3.8, 4) is 16.9 Å². The maximum atomic E-state index is 5.19. The van der Waals surface area contributed by atoms with Crippen LogP contribution in [0.2, 0.25) is 0 Å². The van der Waals surface area contributed by atoms with Crippen molar-refractivity contribution in [2.24, 2.45) is 0 Å². The number of piperazine rings is 1. The van der Waals surface area contributed by atoms with E-state index in [4.69, 9.17) is 4.74 Å². The molecule has 0 aliphatic carbocycles. The van der Waals surface area contributed by atoms with Gasteiger partial charge in [-0.25, -0.2) is 0 Å². The first-order valence-electron chi connectivity index (χ1n) is 7.07. The van der Waals surface area contributed by atoms with Gasteiger partial charge >= 0.3 is 0 Å². The molecule has 1 N–H and O–H groups in total. The molecule has 3 rings (SSSR count). The van der Waals surface area contributed by atoms with Crippen molar-refractivity contribution in [1.29, 1.82) is 0 Å². The average Bonchev–Trinajstić information content (AvgIpc) is 2.56. The Bertz CT molecular complexity index is 548. The number of nitrogens with one attached hydrogen (secondary N) is 1. The SMILES string of the molecule is COc1ccc(-c2ccc(N3CCNCC3)cc2)cc1.Cl. The van der Waals surface area contributed by atoms with Gasteiger partial charge in [-0.1, -0.05) is 24.3 Å². The molecule has 3 nitrogen and oxygen atoms in total. The van der Waals surface area contributed by atoms with Crippen LogP contribution in [-0.4, -0.2) is 33.3 Å². The first-order chi connectivity index (χ1) is 9.86. The van der Waals surface area contributed by atoms with Crippen molar-refractivity contribution < 1.29 is 4.74 Å². The average molecular weight is 305 g/mol. The molecule has 1 aliphatic rings. The molecule has 0 radical (unpaired) electrons. The third kappa shape index (κ3) is 3.69. The lowest BCUT2D eigenvalue weighted by Crippen LogP contribution is -2.43. The highest BCUT2D eigenvalue weighted by atomic mass is 35.5. The normalized spacial score (nSPS) is 14.4. The summed E-state index contributed by atoms with van der Waals surface area (Å²) in [6.07, 6.45) is 0. The molecule has 4 heteroatoms. The molecule has 1 fully saturated rings. The Morgan fingerprint density at radius 2 is 1.38 bits per heavy atom.